The number of nitrogens with one attached hydrogen (secondary N) is 1. The molecule has 0 heterocycles. The lowest BCUT2D eigenvalue weighted by Crippen LogP contribution is -2.46. The molecule has 0 radical (unpaired) electrons. The van der Waals surface area contributed by atoms with Gasteiger partial charge in [0.2, 0.25) is 0 Å². The number of carboxylic acid groups (broad SMARTS) is 1. The van der Waals surface area contributed by atoms with E-state index >= 15 is 0 Å². The van der Waals surface area contributed by atoms with Crippen LogP contribution in [0.5, 0.6) is 0 Å². The van der Waals surface area contributed by atoms with Crippen LogP contribution >= 0.6 is 0 Å². The van der Waals surface area contributed by atoms with Gasteiger partial charge >= 0.3 is 12.0 Å². The zero-order valence-corrected chi connectivity index (χ0v) is 11.2. The maximum Gasteiger partial charge on any atom is 0.317 e. The van der Waals surface area contributed by atoms with Crippen LogP contribution in [0.15, 0.2) is 25.3 Å². The highest BCUT2D eigenvalue weighted by Gasteiger charge is 2.41. The fourth-order valence-electron chi connectivity index (χ4n) is 2.43. The number of rotatable bonds is 7. The van der Waals surface area contributed by atoms with Crippen molar-refractivity contribution < 1.29 is 14.7 Å². The molecule has 5 heteroatoms. The largest absolute Gasteiger partial charge is 0.481 e. The Hall–Kier alpha value is -1.78. The molecule has 0 aliphatic heterocycles. The molecule has 106 valence electrons. The van der Waals surface area contributed by atoms with Crippen LogP contribution in [0.3, 0.4) is 0 Å². The molecular weight excluding hydrogens is 244 g/mol. The average Bonchev–Trinajstić information content (AvgIpc) is 2.86. The van der Waals surface area contributed by atoms with Crippen LogP contribution < -0.4 is 5.32 Å². The Balaban J connectivity index is 2.58. The number of urea groups is 1. The van der Waals surface area contributed by atoms with Crippen molar-refractivity contribution in [2.24, 2.45) is 5.41 Å². The van der Waals surface area contributed by atoms with Gasteiger partial charge in [-0.05, 0) is 12.8 Å². The fraction of sp³-hybridized carbons (Fsp3) is 0.571. The molecule has 0 aromatic carbocycles. The zero-order chi connectivity index (χ0) is 14.3. The first-order valence-corrected chi connectivity index (χ1v) is 6.54. The van der Waals surface area contributed by atoms with Crippen molar-refractivity contribution >= 4 is 12.0 Å². The zero-order valence-electron chi connectivity index (χ0n) is 11.2. The number of carbonyl (C=O) groups is 2. The summed E-state index contributed by atoms with van der Waals surface area (Å²) < 4.78 is 0. The van der Waals surface area contributed by atoms with Gasteiger partial charge in [-0.25, -0.2) is 4.79 Å². The first-order valence-electron chi connectivity index (χ1n) is 6.54. The molecule has 0 unspecified atom stereocenters. The normalized spacial score (nSPS) is 16.6. The highest BCUT2D eigenvalue weighted by molar-refractivity contribution is 5.78. The molecule has 0 atom stereocenters. The first kappa shape index (κ1) is 15.3. The molecule has 1 rings (SSSR count). The molecule has 0 aromatic heterocycles. The number of aliphatic carboxylic acids is 1. The number of carbonyl (C=O) groups excluding carboxylic acids is 1. The number of hydrogen-bond donors (Lipinski definition) is 2. The van der Waals surface area contributed by atoms with E-state index in [2.05, 4.69) is 18.5 Å². The van der Waals surface area contributed by atoms with Gasteiger partial charge in [-0.2, -0.15) is 0 Å². The van der Waals surface area contributed by atoms with Crippen molar-refractivity contribution in [3.63, 3.8) is 0 Å². The summed E-state index contributed by atoms with van der Waals surface area (Å²) in [6.45, 7) is 8.20. The van der Waals surface area contributed by atoms with Crippen LogP contribution in [0.4, 0.5) is 4.79 Å². The summed E-state index contributed by atoms with van der Waals surface area (Å²) in [5.74, 6) is -0.815. The monoisotopic (exact) mass is 266 g/mol. The summed E-state index contributed by atoms with van der Waals surface area (Å²) >= 11 is 0. The van der Waals surface area contributed by atoms with Gasteiger partial charge in [0.25, 0.3) is 0 Å². The highest BCUT2D eigenvalue weighted by atomic mass is 16.4. The molecule has 0 aromatic rings. The second-order valence-electron chi connectivity index (χ2n) is 4.93. The lowest BCUT2D eigenvalue weighted by atomic mass is 9.86. The quantitative estimate of drug-likeness (QED) is 0.693. The molecule has 19 heavy (non-hydrogen) atoms. The molecule has 1 fully saturated rings. The van der Waals surface area contributed by atoms with Gasteiger partial charge in [-0.3, -0.25) is 4.79 Å². The van der Waals surface area contributed by atoms with E-state index in [0.29, 0.717) is 25.9 Å². The Labute approximate surface area is 114 Å². The molecule has 2 N–H and O–H groups in total. The Morgan fingerprint density at radius 2 is 1.74 bits per heavy atom. The van der Waals surface area contributed by atoms with Crippen molar-refractivity contribution in [3.05, 3.63) is 25.3 Å². The Morgan fingerprint density at radius 1 is 1.21 bits per heavy atom. The van der Waals surface area contributed by atoms with E-state index < -0.39 is 11.4 Å². The smallest absolute Gasteiger partial charge is 0.317 e. The van der Waals surface area contributed by atoms with Crippen LogP contribution in [0, 0.1) is 5.41 Å². The van der Waals surface area contributed by atoms with E-state index in [4.69, 9.17) is 0 Å². The lowest BCUT2D eigenvalue weighted by molar-refractivity contribution is -0.148. The van der Waals surface area contributed by atoms with Gasteiger partial charge in [-0.15, -0.1) is 13.2 Å². The van der Waals surface area contributed by atoms with E-state index in [1.807, 2.05) is 0 Å². The van der Waals surface area contributed by atoms with Gasteiger partial charge in [0, 0.05) is 19.6 Å². The van der Waals surface area contributed by atoms with Crippen LogP contribution in [-0.2, 0) is 4.79 Å². The maximum atomic E-state index is 12.0. The Kier molecular flexibility index (Phi) is 5.60. The predicted molar refractivity (Wildman–Crippen MR) is 73.9 cm³/mol. The number of amides is 2. The molecule has 0 bridgehead atoms. The van der Waals surface area contributed by atoms with Gasteiger partial charge in [-0.1, -0.05) is 25.0 Å². The number of hydrogen-bond acceptors (Lipinski definition) is 2. The van der Waals surface area contributed by atoms with Crippen LogP contribution in [-0.4, -0.2) is 41.6 Å². The van der Waals surface area contributed by atoms with Gasteiger partial charge in [0.15, 0.2) is 0 Å². The minimum Gasteiger partial charge on any atom is -0.481 e. The summed E-state index contributed by atoms with van der Waals surface area (Å²) in [4.78, 5) is 24.9. The Bertz CT molecular complexity index is 350. The van der Waals surface area contributed by atoms with Crippen molar-refractivity contribution in [1.82, 2.24) is 10.2 Å². The summed E-state index contributed by atoms with van der Waals surface area (Å²) in [6.07, 6.45) is 6.34. The molecule has 0 saturated heterocycles. The van der Waals surface area contributed by atoms with E-state index in [0.717, 1.165) is 12.8 Å². The fourth-order valence-corrected chi connectivity index (χ4v) is 2.43. The SMILES string of the molecule is C=CCN(CC=C)C(=O)NCC1(C(=O)O)CCCC1. The molecule has 5 nitrogen and oxygen atoms in total. The van der Waals surface area contributed by atoms with Crippen molar-refractivity contribution in [2.75, 3.05) is 19.6 Å². The molecule has 1 aliphatic carbocycles. The minimum absolute atomic E-state index is 0.186. The maximum absolute atomic E-state index is 12.0. The first-order chi connectivity index (χ1) is 9.05. The third-order valence-electron chi connectivity index (χ3n) is 3.58. The standard InChI is InChI=1S/C14H22N2O3/c1-3-9-16(10-4-2)13(19)15-11-14(12(17)18)7-5-6-8-14/h3-4H,1-2,5-11H2,(H,15,19)(H,17,18). The van der Waals surface area contributed by atoms with Gasteiger partial charge < -0.3 is 15.3 Å². The summed E-state index contributed by atoms with van der Waals surface area (Å²) in [7, 11) is 0. The van der Waals surface area contributed by atoms with Crippen molar-refractivity contribution in [2.45, 2.75) is 25.7 Å². The Morgan fingerprint density at radius 3 is 2.16 bits per heavy atom. The van der Waals surface area contributed by atoms with E-state index in [1.54, 1.807) is 12.2 Å². The van der Waals surface area contributed by atoms with Crippen LogP contribution in [0.25, 0.3) is 0 Å². The summed E-state index contributed by atoms with van der Waals surface area (Å²) in [6, 6.07) is -0.271. The predicted octanol–water partition coefficient (Wildman–Crippen LogP) is 2.01. The number of nitrogens with zero attached hydrogens (tertiary/aromatic N) is 1. The van der Waals surface area contributed by atoms with E-state index in [9.17, 15) is 14.7 Å². The van der Waals surface area contributed by atoms with Gasteiger partial charge in [0.1, 0.15) is 0 Å². The molecule has 2 amide bonds. The lowest BCUT2D eigenvalue weighted by Gasteiger charge is -2.26. The third-order valence-corrected chi connectivity index (χ3v) is 3.58. The second-order valence-corrected chi connectivity index (χ2v) is 4.93. The average molecular weight is 266 g/mol. The van der Waals surface area contributed by atoms with Gasteiger partial charge in [0.05, 0.1) is 5.41 Å². The molecule has 1 aliphatic rings. The van der Waals surface area contributed by atoms with Crippen molar-refractivity contribution in [1.29, 1.82) is 0 Å². The molecule has 1 saturated carbocycles. The van der Waals surface area contributed by atoms with Crippen LogP contribution in [0.1, 0.15) is 25.7 Å². The summed E-state index contributed by atoms with van der Waals surface area (Å²) in [5, 5.41) is 12.1. The third kappa shape index (κ3) is 3.84. The molecular formula is C14H22N2O3. The topological polar surface area (TPSA) is 69.6 Å². The summed E-state index contributed by atoms with van der Waals surface area (Å²) in [5.41, 5.74) is -0.788. The number of carboxylic acids is 1. The second kappa shape index (κ2) is 6.97. The molecule has 0 spiro atoms. The van der Waals surface area contributed by atoms with Crippen molar-refractivity contribution in [3.8, 4) is 0 Å². The van der Waals surface area contributed by atoms with E-state index in [-0.39, 0.29) is 12.6 Å². The minimum atomic E-state index is -0.815. The van der Waals surface area contributed by atoms with Crippen LogP contribution in [0.2, 0.25) is 0 Å². The van der Waals surface area contributed by atoms with E-state index in [1.165, 1.54) is 4.90 Å². The highest BCUT2D eigenvalue weighted by Crippen LogP contribution is 2.37.